The number of benzene rings is 1. The molecule has 6 heteroatoms. The first-order valence-corrected chi connectivity index (χ1v) is 6.25. The van der Waals surface area contributed by atoms with Gasteiger partial charge in [-0.1, -0.05) is 6.07 Å². The van der Waals surface area contributed by atoms with E-state index in [4.69, 9.17) is 14.2 Å². The minimum absolute atomic E-state index is 0.0229. The van der Waals surface area contributed by atoms with E-state index in [9.17, 15) is 9.90 Å². The van der Waals surface area contributed by atoms with Gasteiger partial charge in [-0.25, -0.2) is 0 Å². The highest BCUT2D eigenvalue weighted by Gasteiger charge is 2.11. The number of hydrogen-bond acceptors (Lipinski definition) is 5. The third-order valence-corrected chi connectivity index (χ3v) is 2.75. The molecule has 112 valence electrons. The van der Waals surface area contributed by atoms with Crippen LogP contribution >= 0.6 is 0 Å². The summed E-state index contributed by atoms with van der Waals surface area (Å²) in [6.07, 6.45) is 0. The molecule has 0 saturated heterocycles. The Morgan fingerprint density at radius 3 is 2.70 bits per heavy atom. The lowest BCUT2D eigenvalue weighted by atomic mass is 10.2. The van der Waals surface area contributed by atoms with Gasteiger partial charge in [0.2, 0.25) is 5.91 Å². The summed E-state index contributed by atoms with van der Waals surface area (Å²) in [7, 11) is 4.76. The molecule has 1 rings (SSSR count). The van der Waals surface area contributed by atoms with Crippen molar-refractivity contribution in [3.63, 3.8) is 0 Å². The average molecular weight is 283 g/mol. The van der Waals surface area contributed by atoms with Gasteiger partial charge in [0.15, 0.2) is 11.5 Å². The minimum atomic E-state index is -0.117. The van der Waals surface area contributed by atoms with Gasteiger partial charge in [-0.2, -0.15) is 0 Å². The molecule has 0 aliphatic heterocycles. The van der Waals surface area contributed by atoms with Crippen LogP contribution in [-0.2, 0) is 20.8 Å². The summed E-state index contributed by atoms with van der Waals surface area (Å²) in [5.41, 5.74) is 0.868. The largest absolute Gasteiger partial charge is 0.504 e. The Bertz CT molecular complexity index is 436. The molecule has 1 aromatic rings. The SMILES string of the molecule is COCCOCC(=O)N(C)Cc1ccc(O)c(OC)c1. The number of carbonyl (C=O) groups excluding carboxylic acids is 1. The van der Waals surface area contributed by atoms with Crippen LogP contribution < -0.4 is 4.74 Å². The number of amides is 1. The fourth-order valence-corrected chi connectivity index (χ4v) is 1.59. The van der Waals surface area contributed by atoms with E-state index in [-0.39, 0.29) is 18.3 Å². The lowest BCUT2D eigenvalue weighted by Gasteiger charge is -2.18. The number of likely N-dealkylation sites (N-methyl/N-ethyl adjacent to an activating group) is 1. The molecule has 0 radical (unpaired) electrons. The molecule has 0 fully saturated rings. The number of methoxy groups -OCH3 is 2. The second-order valence-corrected chi connectivity index (χ2v) is 4.30. The number of aromatic hydroxyl groups is 1. The second-order valence-electron chi connectivity index (χ2n) is 4.30. The van der Waals surface area contributed by atoms with Crippen molar-refractivity contribution in [1.82, 2.24) is 4.90 Å². The number of phenols is 1. The Hall–Kier alpha value is -1.79. The van der Waals surface area contributed by atoms with Crippen molar-refractivity contribution >= 4 is 5.91 Å². The number of rotatable bonds is 8. The van der Waals surface area contributed by atoms with Crippen LogP contribution in [0.2, 0.25) is 0 Å². The molecule has 0 aliphatic rings. The molecule has 0 unspecified atom stereocenters. The fraction of sp³-hybridized carbons (Fsp3) is 0.500. The predicted molar refractivity (Wildman–Crippen MR) is 73.8 cm³/mol. The molecule has 0 atom stereocenters. The normalized spacial score (nSPS) is 10.3. The Balaban J connectivity index is 2.48. The number of ether oxygens (including phenoxy) is 3. The molecule has 1 amide bonds. The van der Waals surface area contributed by atoms with Crippen LogP contribution in [0.4, 0.5) is 0 Å². The summed E-state index contributed by atoms with van der Waals surface area (Å²) in [4.78, 5) is 13.4. The highest BCUT2D eigenvalue weighted by atomic mass is 16.5. The first-order chi connectivity index (χ1) is 9.58. The van der Waals surface area contributed by atoms with E-state index in [1.807, 2.05) is 0 Å². The van der Waals surface area contributed by atoms with Crippen molar-refractivity contribution in [2.24, 2.45) is 0 Å². The molecular weight excluding hydrogens is 262 g/mol. The van der Waals surface area contributed by atoms with Crippen molar-refractivity contribution in [1.29, 1.82) is 0 Å². The van der Waals surface area contributed by atoms with Gasteiger partial charge >= 0.3 is 0 Å². The van der Waals surface area contributed by atoms with Gasteiger partial charge in [0.05, 0.1) is 20.3 Å². The van der Waals surface area contributed by atoms with Crippen molar-refractivity contribution in [3.8, 4) is 11.5 Å². The van der Waals surface area contributed by atoms with E-state index in [1.54, 1.807) is 37.3 Å². The molecule has 0 aliphatic carbocycles. The monoisotopic (exact) mass is 283 g/mol. The van der Waals surface area contributed by atoms with Gasteiger partial charge in [-0.15, -0.1) is 0 Å². The topological polar surface area (TPSA) is 68.2 Å². The van der Waals surface area contributed by atoms with E-state index in [0.717, 1.165) is 5.56 Å². The van der Waals surface area contributed by atoms with E-state index >= 15 is 0 Å². The summed E-state index contributed by atoms with van der Waals surface area (Å²) in [6, 6.07) is 4.99. The summed E-state index contributed by atoms with van der Waals surface area (Å²) < 4.78 is 15.0. The van der Waals surface area contributed by atoms with Crippen LogP contribution in [0, 0.1) is 0 Å². The van der Waals surface area contributed by atoms with Gasteiger partial charge in [0.1, 0.15) is 6.61 Å². The van der Waals surface area contributed by atoms with E-state index in [0.29, 0.717) is 25.5 Å². The standard InChI is InChI=1S/C14H21NO5/c1-15(14(17)10-20-7-6-18-2)9-11-4-5-12(16)13(8-11)19-3/h4-5,8,16H,6-7,9-10H2,1-3H3. The lowest BCUT2D eigenvalue weighted by Crippen LogP contribution is -2.30. The summed E-state index contributed by atoms with van der Waals surface area (Å²) >= 11 is 0. The van der Waals surface area contributed by atoms with Crippen LogP contribution in [0.15, 0.2) is 18.2 Å². The second kappa shape index (κ2) is 8.39. The third-order valence-electron chi connectivity index (χ3n) is 2.75. The summed E-state index contributed by atoms with van der Waals surface area (Å²) in [5.74, 6) is 0.348. The maximum atomic E-state index is 11.8. The summed E-state index contributed by atoms with van der Waals surface area (Å²) in [5, 5.41) is 9.51. The Kier molecular flexibility index (Phi) is 6.83. The van der Waals surface area contributed by atoms with Crippen LogP contribution in [0.3, 0.4) is 0 Å². The number of carbonyl (C=O) groups is 1. The Labute approximate surface area is 118 Å². The summed E-state index contributed by atoms with van der Waals surface area (Å²) in [6.45, 7) is 1.30. The van der Waals surface area contributed by atoms with Crippen molar-refractivity contribution in [3.05, 3.63) is 23.8 Å². The number of hydrogen-bond donors (Lipinski definition) is 1. The maximum absolute atomic E-state index is 11.8. The van der Waals surface area contributed by atoms with E-state index < -0.39 is 0 Å². The molecule has 1 aromatic carbocycles. The number of nitrogens with zero attached hydrogens (tertiary/aromatic N) is 1. The molecule has 0 aromatic heterocycles. The first-order valence-electron chi connectivity index (χ1n) is 6.25. The minimum Gasteiger partial charge on any atom is -0.504 e. The zero-order valence-corrected chi connectivity index (χ0v) is 12.1. The molecule has 0 bridgehead atoms. The third kappa shape index (κ3) is 5.07. The first kappa shape index (κ1) is 16.3. The van der Waals surface area contributed by atoms with Crippen molar-refractivity contribution in [2.75, 3.05) is 41.1 Å². The highest BCUT2D eigenvalue weighted by molar-refractivity contribution is 5.77. The van der Waals surface area contributed by atoms with Gasteiger partial charge < -0.3 is 24.2 Å². The van der Waals surface area contributed by atoms with Crippen LogP contribution in [-0.4, -0.2) is 57.0 Å². The van der Waals surface area contributed by atoms with Gasteiger partial charge in [-0.05, 0) is 17.7 Å². The molecule has 6 nitrogen and oxygen atoms in total. The molecule has 0 spiro atoms. The molecule has 0 heterocycles. The van der Waals surface area contributed by atoms with Crippen LogP contribution in [0.1, 0.15) is 5.56 Å². The Morgan fingerprint density at radius 1 is 1.30 bits per heavy atom. The number of phenolic OH excluding ortho intramolecular Hbond substituents is 1. The fourth-order valence-electron chi connectivity index (χ4n) is 1.59. The van der Waals surface area contributed by atoms with Crippen LogP contribution in [0.5, 0.6) is 11.5 Å². The van der Waals surface area contributed by atoms with Gasteiger partial charge in [0.25, 0.3) is 0 Å². The molecule has 0 saturated carbocycles. The zero-order valence-electron chi connectivity index (χ0n) is 12.1. The van der Waals surface area contributed by atoms with Crippen molar-refractivity contribution < 1.29 is 24.1 Å². The molecular formula is C14H21NO5. The van der Waals surface area contributed by atoms with Crippen LogP contribution in [0.25, 0.3) is 0 Å². The Morgan fingerprint density at radius 2 is 2.05 bits per heavy atom. The van der Waals surface area contributed by atoms with E-state index in [2.05, 4.69) is 0 Å². The van der Waals surface area contributed by atoms with Gasteiger partial charge in [0, 0.05) is 20.7 Å². The zero-order chi connectivity index (χ0) is 15.0. The average Bonchev–Trinajstić information content (AvgIpc) is 2.45. The quantitative estimate of drug-likeness (QED) is 0.722. The van der Waals surface area contributed by atoms with Gasteiger partial charge in [-0.3, -0.25) is 4.79 Å². The lowest BCUT2D eigenvalue weighted by molar-refractivity contribution is -0.135. The van der Waals surface area contributed by atoms with E-state index in [1.165, 1.54) is 7.11 Å². The molecule has 20 heavy (non-hydrogen) atoms. The highest BCUT2D eigenvalue weighted by Crippen LogP contribution is 2.26. The van der Waals surface area contributed by atoms with Crippen molar-refractivity contribution in [2.45, 2.75) is 6.54 Å². The predicted octanol–water partition coefficient (Wildman–Crippen LogP) is 1.02. The molecule has 1 N–H and O–H groups in total. The smallest absolute Gasteiger partial charge is 0.248 e. The maximum Gasteiger partial charge on any atom is 0.248 e.